The lowest BCUT2D eigenvalue weighted by molar-refractivity contribution is -0.148. The van der Waals surface area contributed by atoms with Gasteiger partial charge in [-0.1, -0.05) is 70.5 Å². The van der Waals surface area contributed by atoms with Crippen LogP contribution in [0.4, 0.5) is 5.13 Å². The molecule has 11 heteroatoms. The number of fused-ring (bicyclic) bond motifs is 1. The van der Waals surface area contributed by atoms with Gasteiger partial charge < -0.3 is 4.74 Å². The third-order valence-electron chi connectivity index (χ3n) is 6.31. The standard InChI is InChI=1S/C28H24BrN3O5S2/c29-21-9-6-8-20(15-21)24-18-38-28(30-24)31-26(33)17-37-27(34)16-25-23-12-5-4-7-19(23)13-14-32(25)39(35,36)22-10-2-1-3-11-22/h1-12,15,18,25H,13-14,16-17H2,(H,30,31,33). The second-order valence-electron chi connectivity index (χ2n) is 8.85. The van der Waals surface area contributed by atoms with Crippen LogP contribution in [-0.2, 0) is 30.8 Å². The van der Waals surface area contributed by atoms with Gasteiger partial charge in [-0.3, -0.25) is 14.9 Å². The number of ether oxygens (including phenoxy) is 1. The zero-order valence-electron chi connectivity index (χ0n) is 20.6. The predicted octanol–water partition coefficient (Wildman–Crippen LogP) is 5.43. The van der Waals surface area contributed by atoms with Gasteiger partial charge in [-0.15, -0.1) is 11.3 Å². The molecular weight excluding hydrogens is 602 g/mol. The Morgan fingerprint density at radius 3 is 2.62 bits per heavy atom. The van der Waals surface area contributed by atoms with E-state index in [0.717, 1.165) is 21.2 Å². The van der Waals surface area contributed by atoms with Crippen LogP contribution in [0.5, 0.6) is 0 Å². The average molecular weight is 627 g/mol. The second-order valence-corrected chi connectivity index (χ2v) is 12.5. The van der Waals surface area contributed by atoms with Crippen LogP contribution in [0.15, 0.2) is 93.6 Å². The first-order chi connectivity index (χ1) is 18.8. The number of anilines is 1. The Hall–Kier alpha value is -3.38. The summed E-state index contributed by atoms with van der Waals surface area (Å²) in [6, 6.07) is 22.5. The highest BCUT2D eigenvalue weighted by Gasteiger charge is 2.37. The molecular formula is C28H24BrN3O5S2. The maximum absolute atomic E-state index is 13.5. The van der Waals surface area contributed by atoms with Crippen molar-refractivity contribution in [3.8, 4) is 11.3 Å². The summed E-state index contributed by atoms with van der Waals surface area (Å²) in [4.78, 5) is 29.9. The monoisotopic (exact) mass is 625 g/mol. The van der Waals surface area contributed by atoms with Gasteiger partial charge in [0.05, 0.1) is 23.1 Å². The lowest BCUT2D eigenvalue weighted by Gasteiger charge is -2.36. The molecule has 0 saturated carbocycles. The molecule has 3 aromatic carbocycles. The van der Waals surface area contributed by atoms with Crippen molar-refractivity contribution in [3.05, 3.63) is 99.8 Å². The van der Waals surface area contributed by atoms with Gasteiger partial charge in [0.1, 0.15) is 0 Å². The van der Waals surface area contributed by atoms with Gasteiger partial charge in [0, 0.05) is 22.0 Å². The van der Waals surface area contributed by atoms with Crippen LogP contribution in [0.25, 0.3) is 11.3 Å². The maximum Gasteiger partial charge on any atom is 0.308 e. The number of nitrogens with one attached hydrogen (secondary N) is 1. The van der Waals surface area contributed by atoms with Gasteiger partial charge in [0.25, 0.3) is 5.91 Å². The summed E-state index contributed by atoms with van der Waals surface area (Å²) >= 11 is 4.69. The van der Waals surface area contributed by atoms with Gasteiger partial charge in [0.2, 0.25) is 10.0 Å². The molecule has 1 aliphatic heterocycles. The summed E-state index contributed by atoms with van der Waals surface area (Å²) in [5, 5.41) is 4.86. The first-order valence-corrected chi connectivity index (χ1v) is 15.2. The SMILES string of the molecule is O=C(COC(=O)CC1c2ccccc2CCN1S(=O)(=O)c1ccccc1)Nc1nc(-c2cccc(Br)c2)cs1. The van der Waals surface area contributed by atoms with E-state index in [0.29, 0.717) is 17.2 Å². The molecule has 1 unspecified atom stereocenters. The molecule has 0 radical (unpaired) electrons. The van der Waals surface area contributed by atoms with Crippen molar-refractivity contribution in [3.63, 3.8) is 0 Å². The van der Waals surface area contributed by atoms with Gasteiger partial charge in [-0.2, -0.15) is 4.31 Å². The fourth-order valence-corrected chi connectivity index (χ4v) is 7.25. The minimum Gasteiger partial charge on any atom is -0.456 e. The topological polar surface area (TPSA) is 106 Å². The molecule has 1 aliphatic rings. The molecule has 0 saturated heterocycles. The van der Waals surface area contributed by atoms with E-state index in [2.05, 4.69) is 26.2 Å². The highest BCUT2D eigenvalue weighted by atomic mass is 79.9. The van der Waals surface area contributed by atoms with Crippen molar-refractivity contribution in [2.45, 2.75) is 23.8 Å². The highest BCUT2D eigenvalue weighted by Crippen LogP contribution is 2.36. The molecule has 0 fully saturated rings. The minimum atomic E-state index is -3.86. The first-order valence-electron chi connectivity index (χ1n) is 12.1. The molecule has 0 bridgehead atoms. The largest absolute Gasteiger partial charge is 0.456 e. The zero-order valence-corrected chi connectivity index (χ0v) is 23.8. The number of carbonyl (C=O) groups excluding carboxylic acids is 2. The van der Waals surface area contributed by atoms with E-state index in [1.54, 1.807) is 18.2 Å². The Morgan fingerprint density at radius 2 is 1.82 bits per heavy atom. The summed E-state index contributed by atoms with van der Waals surface area (Å²) < 4.78 is 34.5. The van der Waals surface area contributed by atoms with E-state index in [4.69, 9.17) is 4.74 Å². The number of carbonyl (C=O) groups is 2. The number of hydrogen-bond acceptors (Lipinski definition) is 7. The molecule has 39 heavy (non-hydrogen) atoms. The number of sulfonamides is 1. The number of halogens is 1. The van der Waals surface area contributed by atoms with Gasteiger partial charge in [-0.25, -0.2) is 13.4 Å². The highest BCUT2D eigenvalue weighted by molar-refractivity contribution is 9.10. The Bertz CT molecular complexity index is 1610. The lowest BCUT2D eigenvalue weighted by atomic mass is 9.92. The van der Waals surface area contributed by atoms with Crippen molar-refractivity contribution in [1.82, 2.24) is 9.29 Å². The number of thiazole rings is 1. The van der Waals surface area contributed by atoms with Crippen molar-refractivity contribution in [2.24, 2.45) is 0 Å². The van der Waals surface area contributed by atoms with Crippen molar-refractivity contribution in [1.29, 1.82) is 0 Å². The number of hydrogen-bond donors (Lipinski definition) is 1. The van der Waals surface area contributed by atoms with Crippen LogP contribution in [0.2, 0.25) is 0 Å². The smallest absolute Gasteiger partial charge is 0.308 e. The Labute approximate surface area is 238 Å². The summed E-state index contributed by atoms with van der Waals surface area (Å²) in [7, 11) is -3.86. The number of nitrogens with zero attached hydrogens (tertiary/aromatic N) is 2. The summed E-state index contributed by atoms with van der Waals surface area (Å²) in [5.74, 6) is -1.20. The molecule has 1 aromatic heterocycles. The fourth-order valence-electron chi connectivity index (χ4n) is 4.49. The summed E-state index contributed by atoms with van der Waals surface area (Å²) in [6.45, 7) is -0.276. The third kappa shape index (κ3) is 6.27. The number of aromatic nitrogens is 1. The van der Waals surface area contributed by atoms with E-state index >= 15 is 0 Å². The molecule has 8 nitrogen and oxygen atoms in total. The van der Waals surface area contributed by atoms with Crippen LogP contribution < -0.4 is 5.32 Å². The lowest BCUT2D eigenvalue weighted by Crippen LogP contribution is -2.41. The Morgan fingerprint density at radius 1 is 1.05 bits per heavy atom. The Kier molecular flexibility index (Phi) is 8.22. The number of rotatable bonds is 8. The first kappa shape index (κ1) is 27.2. The number of esters is 1. The molecule has 4 aromatic rings. The second kappa shape index (κ2) is 11.8. The Balaban J connectivity index is 1.25. The molecule has 1 amide bonds. The van der Waals surface area contributed by atoms with Gasteiger partial charge in [-0.05, 0) is 41.8 Å². The van der Waals surface area contributed by atoms with Crippen LogP contribution in [-0.4, -0.2) is 42.7 Å². The van der Waals surface area contributed by atoms with Crippen LogP contribution in [0.1, 0.15) is 23.6 Å². The van der Waals surface area contributed by atoms with Crippen molar-refractivity contribution < 1.29 is 22.7 Å². The molecule has 1 atom stereocenters. The quantitative estimate of drug-likeness (QED) is 0.262. The molecule has 5 rings (SSSR count). The van der Waals surface area contributed by atoms with E-state index in [9.17, 15) is 18.0 Å². The normalized spacial score (nSPS) is 15.4. The maximum atomic E-state index is 13.5. The molecule has 1 N–H and O–H groups in total. The predicted molar refractivity (Wildman–Crippen MR) is 153 cm³/mol. The van der Waals surface area contributed by atoms with Crippen LogP contribution in [0.3, 0.4) is 0 Å². The molecule has 0 aliphatic carbocycles. The summed E-state index contributed by atoms with van der Waals surface area (Å²) in [5.41, 5.74) is 3.35. The van der Waals surface area contributed by atoms with E-state index < -0.39 is 34.5 Å². The molecule has 200 valence electrons. The van der Waals surface area contributed by atoms with Gasteiger partial charge in [0.15, 0.2) is 11.7 Å². The van der Waals surface area contributed by atoms with Crippen molar-refractivity contribution >= 4 is 54.3 Å². The zero-order chi connectivity index (χ0) is 27.4. The number of amides is 1. The van der Waals surface area contributed by atoms with E-state index in [-0.39, 0.29) is 17.9 Å². The fraction of sp³-hybridized carbons (Fsp3) is 0.179. The molecule has 2 heterocycles. The molecule has 0 spiro atoms. The minimum absolute atomic E-state index is 0.160. The van der Waals surface area contributed by atoms with Gasteiger partial charge >= 0.3 is 5.97 Å². The summed E-state index contributed by atoms with van der Waals surface area (Å²) in [6.07, 6.45) is 0.312. The van der Waals surface area contributed by atoms with Crippen LogP contribution in [0, 0.1) is 0 Å². The van der Waals surface area contributed by atoms with Crippen LogP contribution >= 0.6 is 27.3 Å². The van der Waals surface area contributed by atoms with Crippen molar-refractivity contribution in [2.75, 3.05) is 18.5 Å². The van der Waals surface area contributed by atoms with E-state index in [1.807, 2.05) is 53.9 Å². The number of benzene rings is 3. The van der Waals surface area contributed by atoms with E-state index in [1.165, 1.54) is 27.8 Å². The third-order valence-corrected chi connectivity index (χ3v) is 9.48. The average Bonchev–Trinajstić information content (AvgIpc) is 3.41.